The van der Waals surface area contributed by atoms with Crippen LogP contribution in [0.2, 0.25) is 6.82 Å². The van der Waals surface area contributed by atoms with E-state index in [9.17, 15) is 9.59 Å². The second-order valence-electron chi connectivity index (χ2n) is 4.14. The fourth-order valence-corrected chi connectivity index (χ4v) is 1.83. The molecular formula is C12H16BIN2O4. The lowest BCUT2D eigenvalue weighted by atomic mass is 9.88. The minimum atomic E-state index is -0.860. The smallest absolute Gasteiger partial charge is 0.373 e. The van der Waals surface area contributed by atoms with Gasteiger partial charge in [-0.05, 0) is 53.7 Å². The molecule has 6 nitrogen and oxygen atoms in total. The van der Waals surface area contributed by atoms with Crippen LogP contribution in [0.25, 0.3) is 0 Å². The Kier molecular flexibility index (Phi) is 6.96. The van der Waals surface area contributed by atoms with Gasteiger partial charge in [-0.25, -0.2) is 4.79 Å². The number of benzene rings is 1. The fourth-order valence-electron chi connectivity index (χ4n) is 1.47. The Bertz CT molecular complexity index is 467. The molecule has 0 bridgehead atoms. The summed E-state index contributed by atoms with van der Waals surface area (Å²) < 4.78 is 5.64. The number of amides is 1. The monoisotopic (exact) mass is 390 g/mol. The van der Waals surface area contributed by atoms with Crippen molar-refractivity contribution in [1.82, 2.24) is 10.5 Å². The van der Waals surface area contributed by atoms with Crippen LogP contribution in [0.15, 0.2) is 24.3 Å². The Hall–Kier alpha value is -1.13. The molecule has 1 rings (SSSR count). The number of rotatable bonds is 6. The lowest BCUT2D eigenvalue weighted by Crippen LogP contribution is -2.50. The summed E-state index contributed by atoms with van der Waals surface area (Å²) in [5.41, 5.74) is 0.455. The molecule has 0 radical (unpaired) electrons. The molecule has 8 heteroatoms. The number of methoxy groups -OCH3 is 1. The number of hydrogen-bond donors (Lipinski definition) is 3. The van der Waals surface area contributed by atoms with Crippen LogP contribution in [0.1, 0.15) is 10.4 Å². The predicted molar refractivity (Wildman–Crippen MR) is 84.3 cm³/mol. The van der Waals surface area contributed by atoms with E-state index in [0.717, 1.165) is 3.57 Å². The Balaban J connectivity index is 2.70. The molecule has 0 aromatic heterocycles. The second kappa shape index (κ2) is 8.23. The zero-order chi connectivity index (χ0) is 15.1. The highest BCUT2D eigenvalue weighted by Crippen LogP contribution is 2.07. The number of hydrogen-bond acceptors (Lipinski definition) is 5. The van der Waals surface area contributed by atoms with E-state index >= 15 is 0 Å². The number of ether oxygens (including phenoxy) is 1. The van der Waals surface area contributed by atoms with Crippen molar-refractivity contribution in [2.24, 2.45) is 0 Å². The largest absolute Gasteiger partial charge is 0.467 e. The molecule has 0 saturated heterocycles. The van der Waals surface area contributed by atoms with Crippen molar-refractivity contribution in [3.05, 3.63) is 33.4 Å². The molecule has 1 amide bonds. The van der Waals surface area contributed by atoms with Crippen LogP contribution >= 0.6 is 22.6 Å². The lowest BCUT2D eigenvalue weighted by Gasteiger charge is -2.17. The van der Waals surface area contributed by atoms with Crippen LogP contribution in [-0.2, 0) is 9.53 Å². The first-order chi connectivity index (χ1) is 9.43. The summed E-state index contributed by atoms with van der Waals surface area (Å²) in [6.45, 7) is 1.61. The van der Waals surface area contributed by atoms with Gasteiger partial charge in [-0.2, -0.15) is 0 Å². The van der Waals surface area contributed by atoms with Crippen molar-refractivity contribution < 1.29 is 19.3 Å². The molecule has 1 aromatic carbocycles. The first-order valence-corrected chi connectivity index (χ1v) is 7.07. The van der Waals surface area contributed by atoms with E-state index in [1.54, 1.807) is 24.3 Å². The second-order valence-corrected chi connectivity index (χ2v) is 5.39. The van der Waals surface area contributed by atoms with E-state index in [-0.39, 0.29) is 12.5 Å². The molecular weight excluding hydrogens is 374 g/mol. The molecule has 1 atom stereocenters. The number of halogens is 1. The average molecular weight is 390 g/mol. The van der Waals surface area contributed by atoms with Crippen molar-refractivity contribution in [3.63, 3.8) is 0 Å². The number of esters is 1. The topological polar surface area (TPSA) is 87.7 Å². The zero-order valence-corrected chi connectivity index (χ0v) is 13.4. The molecule has 0 heterocycles. The van der Waals surface area contributed by atoms with Crippen LogP contribution in [0.3, 0.4) is 0 Å². The van der Waals surface area contributed by atoms with Gasteiger partial charge in [-0.1, -0.05) is 0 Å². The Morgan fingerprint density at radius 1 is 1.40 bits per heavy atom. The van der Waals surface area contributed by atoms with E-state index in [1.807, 2.05) is 0 Å². The maximum absolute atomic E-state index is 12.0. The maximum Gasteiger partial charge on any atom is 0.373 e. The van der Waals surface area contributed by atoms with E-state index in [4.69, 9.17) is 5.02 Å². The van der Waals surface area contributed by atoms with Gasteiger partial charge >= 0.3 is 13.0 Å². The van der Waals surface area contributed by atoms with E-state index < -0.39 is 19.1 Å². The summed E-state index contributed by atoms with van der Waals surface area (Å²) in [5, 5.41) is 14.4. The van der Waals surface area contributed by atoms with Crippen LogP contribution in [-0.4, -0.2) is 43.6 Å². The van der Waals surface area contributed by atoms with Gasteiger partial charge in [-0.3, -0.25) is 4.79 Å². The third-order valence-corrected chi connectivity index (χ3v) is 3.23. The minimum absolute atomic E-state index is 0.0838. The summed E-state index contributed by atoms with van der Waals surface area (Å²) in [6, 6.07) is 6.09. The van der Waals surface area contributed by atoms with Gasteiger partial charge < -0.3 is 20.3 Å². The minimum Gasteiger partial charge on any atom is -0.467 e. The van der Waals surface area contributed by atoms with E-state index in [2.05, 4.69) is 37.9 Å². The zero-order valence-electron chi connectivity index (χ0n) is 11.2. The normalized spacial score (nSPS) is 11.6. The lowest BCUT2D eigenvalue weighted by molar-refractivity contribution is -0.142. The molecule has 0 aliphatic carbocycles. The third kappa shape index (κ3) is 5.47. The molecule has 20 heavy (non-hydrogen) atoms. The van der Waals surface area contributed by atoms with Crippen molar-refractivity contribution in [2.45, 2.75) is 12.9 Å². The number of nitrogens with one attached hydrogen (secondary N) is 2. The van der Waals surface area contributed by atoms with Gasteiger partial charge in [0.15, 0.2) is 0 Å². The van der Waals surface area contributed by atoms with Gasteiger partial charge in [0, 0.05) is 15.7 Å². The van der Waals surface area contributed by atoms with Crippen LogP contribution in [0.4, 0.5) is 0 Å². The molecule has 3 N–H and O–H groups in total. The molecule has 0 aliphatic heterocycles. The highest BCUT2D eigenvalue weighted by atomic mass is 127. The first-order valence-electron chi connectivity index (χ1n) is 5.99. The summed E-state index contributed by atoms with van der Waals surface area (Å²) >= 11 is 2.14. The predicted octanol–water partition coefficient (Wildman–Crippen LogP) is 0.262. The molecule has 0 fully saturated rings. The third-order valence-electron chi connectivity index (χ3n) is 2.51. The van der Waals surface area contributed by atoms with Crippen LogP contribution in [0, 0.1) is 3.57 Å². The standard InChI is InChI=1S/C12H16BIN2O4/c1-13(19)15-7-10(12(18)20-2)16-11(17)8-3-5-9(14)6-4-8/h3-6,10,15,19H,7H2,1-2H3,(H,16,17)/t10-/m0/s1. The van der Waals surface area contributed by atoms with Crippen molar-refractivity contribution in [1.29, 1.82) is 0 Å². The molecule has 0 unspecified atom stereocenters. The van der Waals surface area contributed by atoms with E-state index in [1.165, 1.54) is 13.9 Å². The average Bonchev–Trinajstić information content (AvgIpc) is 2.42. The van der Waals surface area contributed by atoms with Crippen molar-refractivity contribution >= 4 is 41.5 Å². The Labute approximate surface area is 131 Å². The highest BCUT2D eigenvalue weighted by Gasteiger charge is 2.22. The molecule has 108 valence electrons. The molecule has 0 spiro atoms. The summed E-state index contributed by atoms with van der Waals surface area (Å²) in [5.74, 6) is -0.943. The van der Waals surface area contributed by atoms with Gasteiger partial charge in [0.2, 0.25) is 0 Å². The number of carbonyl (C=O) groups excluding carboxylic acids is 2. The molecule has 1 aromatic rings. The van der Waals surface area contributed by atoms with Crippen LogP contribution < -0.4 is 10.5 Å². The van der Waals surface area contributed by atoms with Crippen LogP contribution in [0.5, 0.6) is 0 Å². The Morgan fingerprint density at radius 3 is 2.50 bits per heavy atom. The SMILES string of the molecule is COC(=O)[C@H](CNB(C)O)NC(=O)c1ccc(I)cc1. The maximum atomic E-state index is 12.0. The van der Waals surface area contributed by atoms with Gasteiger partial charge in [0.1, 0.15) is 6.04 Å². The quantitative estimate of drug-likeness (QED) is 0.369. The first kappa shape index (κ1) is 16.9. The highest BCUT2D eigenvalue weighted by molar-refractivity contribution is 14.1. The summed E-state index contributed by atoms with van der Waals surface area (Å²) in [6.07, 6.45) is 0. The van der Waals surface area contributed by atoms with Gasteiger partial charge in [0.05, 0.1) is 7.11 Å². The van der Waals surface area contributed by atoms with E-state index in [0.29, 0.717) is 5.56 Å². The fraction of sp³-hybridized carbons (Fsp3) is 0.333. The molecule has 0 saturated carbocycles. The summed E-state index contributed by atoms with van der Waals surface area (Å²) in [7, 11) is 0.465. The van der Waals surface area contributed by atoms with Gasteiger partial charge in [0.25, 0.3) is 5.91 Å². The van der Waals surface area contributed by atoms with Crippen molar-refractivity contribution in [3.8, 4) is 0 Å². The molecule has 0 aliphatic rings. The Morgan fingerprint density at radius 2 is 2.00 bits per heavy atom. The summed E-state index contributed by atoms with van der Waals surface area (Å²) in [4.78, 5) is 23.6. The number of carbonyl (C=O) groups is 2. The van der Waals surface area contributed by atoms with Gasteiger partial charge in [-0.15, -0.1) is 0 Å². The van der Waals surface area contributed by atoms with Crippen molar-refractivity contribution in [2.75, 3.05) is 13.7 Å².